The second-order valence-electron chi connectivity index (χ2n) is 12.0. The summed E-state index contributed by atoms with van der Waals surface area (Å²) in [5.41, 5.74) is 3.67. The Balaban J connectivity index is 0.000000198. The lowest BCUT2D eigenvalue weighted by Crippen LogP contribution is -2.49. The van der Waals surface area contributed by atoms with Crippen molar-refractivity contribution in [3.63, 3.8) is 0 Å². The second kappa shape index (κ2) is 17.4. The van der Waals surface area contributed by atoms with E-state index in [0.717, 1.165) is 48.9 Å². The Morgan fingerprint density at radius 1 is 0.686 bits per heavy atom. The van der Waals surface area contributed by atoms with Crippen LogP contribution in [0.15, 0.2) is 47.2 Å². The van der Waals surface area contributed by atoms with E-state index in [1.807, 2.05) is 60.0 Å². The van der Waals surface area contributed by atoms with Crippen LogP contribution < -0.4 is 19.3 Å². The van der Waals surface area contributed by atoms with E-state index in [1.165, 1.54) is 0 Å². The van der Waals surface area contributed by atoms with Crippen LogP contribution in [0.1, 0.15) is 11.4 Å². The molecule has 2 fully saturated rings. The molecular formula is C34H39BrCl4N8O4. The number of rotatable bonds is 8. The average molecular weight is 845 g/mol. The molecule has 4 heterocycles. The van der Waals surface area contributed by atoms with Gasteiger partial charge in [-0.25, -0.2) is 0 Å². The van der Waals surface area contributed by atoms with Crippen LogP contribution in [0.4, 0.5) is 11.4 Å². The zero-order valence-electron chi connectivity index (χ0n) is 28.7. The lowest BCUT2D eigenvalue weighted by molar-refractivity contribution is -0.133. The molecule has 2 amide bonds. The minimum absolute atomic E-state index is 0.0353. The van der Waals surface area contributed by atoms with Gasteiger partial charge in [0.2, 0.25) is 11.8 Å². The summed E-state index contributed by atoms with van der Waals surface area (Å²) < 4.78 is 14.4. The molecule has 0 spiro atoms. The van der Waals surface area contributed by atoms with Crippen molar-refractivity contribution in [2.45, 2.75) is 26.9 Å². The van der Waals surface area contributed by atoms with Gasteiger partial charge in [0.15, 0.2) is 0 Å². The molecule has 0 radical (unpaired) electrons. The molecule has 2 aliphatic rings. The molecule has 0 atom stereocenters. The summed E-state index contributed by atoms with van der Waals surface area (Å²) in [5.74, 6) is 1.40. The average Bonchev–Trinajstić information content (AvgIpc) is 3.59. The molecule has 0 N–H and O–H groups in total. The molecule has 6 rings (SSSR count). The van der Waals surface area contributed by atoms with Crippen molar-refractivity contribution >= 4 is 85.5 Å². The predicted octanol–water partition coefficient (Wildman–Crippen LogP) is 6.47. The SMILES string of the molecule is COc1cc(N2CCN(C(=O)Cn3nc(Br)c(Cl)c3C)CC2)ccc1Cl.COc1cc(N2CCN(C(=O)Cn3ncc(Cl)c3C)CC2)ccc1Cl. The van der Waals surface area contributed by atoms with E-state index in [1.54, 1.807) is 29.8 Å². The van der Waals surface area contributed by atoms with Gasteiger partial charge in [-0.05, 0) is 54.0 Å². The predicted molar refractivity (Wildman–Crippen MR) is 205 cm³/mol. The molecule has 2 aromatic heterocycles. The van der Waals surface area contributed by atoms with Gasteiger partial charge in [-0.1, -0.05) is 46.4 Å². The Labute approximate surface area is 325 Å². The van der Waals surface area contributed by atoms with E-state index >= 15 is 0 Å². The minimum Gasteiger partial charge on any atom is -0.495 e. The number of anilines is 2. The molecule has 0 aliphatic carbocycles. The van der Waals surface area contributed by atoms with Gasteiger partial charge in [0.1, 0.15) is 29.2 Å². The van der Waals surface area contributed by atoms with Gasteiger partial charge in [0, 0.05) is 75.9 Å². The Kier molecular flexibility index (Phi) is 13.3. The normalized spacial score (nSPS) is 14.7. The van der Waals surface area contributed by atoms with Crippen LogP contribution in [0, 0.1) is 13.8 Å². The van der Waals surface area contributed by atoms with Crippen molar-refractivity contribution in [2.24, 2.45) is 0 Å². The van der Waals surface area contributed by atoms with Crippen molar-refractivity contribution in [3.8, 4) is 11.5 Å². The summed E-state index contributed by atoms with van der Waals surface area (Å²) in [6.45, 7) is 9.75. The summed E-state index contributed by atoms with van der Waals surface area (Å²) in [6, 6.07) is 11.4. The zero-order chi connectivity index (χ0) is 36.8. The van der Waals surface area contributed by atoms with Crippen LogP contribution in [0.5, 0.6) is 11.5 Å². The number of piperazine rings is 2. The Morgan fingerprint density at radius 2 is 1.14 bits per heavy atom. The van der Waals surface area contributed by atoms with Gasteiger partial charge in [-0.3, -0.25) is 19.0 Å². The highest BCUT2D eigenvalue weighted by molar-refractivity contribution is 9.10. The number of ether oxygens (including phenoxy) is 2. The first-order chi connectivity index (χ1) is 24.4. The van der Waals surface area contributed by atoms with Gasteiger partial charge in [-0.2, -0.15) is 10.2 Å². The number of hydrogen-bond acceptors (Lipinski definition) is 8. The first kappa shape index (κ1) is 38.9. The van der Waals surface area contributed by atoms with Gasteiger partial charge < -0.3 is 29.1 Å². The van der Waals surface area contributed by atoms with Crippen LogP contribution >= 0.6 is 62.3 Å². The topological polar surface area (TPSA) is 101 Å². The summed E-state index contributed by atoms with van der Waals surface area (Å²) >= 11 is 27.5. The van der Waals surface area contributed by atoms with Crippen LogP contribution in [-0.4, -0.2) is 108 Å². The third-order valence-corrected chi connectivity index (χ3v) is 11.2. The maximum atomic E-state index is 12.6. The van der Waals surface area contributed by atoms with Gasteiger partial charge in [-0.15, -0.1) is 0 Å². The van der Waals surface area contributed by atoms with E-state index in [4.69, 9.17) is 55.9 Å². The smallest absolute Gasteiger partial charge is 0.244 e. The van der Waals surface area contributed by atoms with Crippen LogP contribution in [0.2, 0.25) is 20.1 Å². The molecule has 17 heteroatoms. The molecule has 274 valence electrons. The van der Waals surface area contributed by atoms with E-state index in [2.05, 4.69) is 35.9 Å². The largest absolute Gasteiger partial charge is 0.495 e. The highest BCUT2D eigenvalue weighted by Gasteiger charge is 2.25. The fourth-order valence-corrected chi connectivity index (χ4v) is 6.94. The standard InChI is InChI=1S/C17H19BrCl2N4O2.C17H20Cl2N4O2/c1-11-16(20)17(18)21-24(11)10-15(25)23-7-5-22(6-8-23)12-3-4-13(19)14(9-12)26-2;1-12-15(19)10-20-23(12)11-17(24)22-7-5-21(6-8-22)13-3-4-14(18)16(9-13)25-2/h3-4,9H,5-8,10H2,1-2H3;3-4,9-10H,5-8,11H2,1-2H3. The van der Waals surface area contributed by atoms with Gasteiger partial charge in [0.25, 0.3) is 0 Å². The maximum absolute atomic E-state index is 12.6. The molecule has 51 heavy (non-hydrogen) atoms. The Morgan fingerprint density at radius 3 is 1.51 bits per heavy atom. The van der Waals surface area contributed by atoms with Gasteiger partial charge in [0.05, 0.1) is 51.9 Å². The molecule has 2 aromatic carbocycles. The van der Waals surface area contributed by atoms with E-state index in [-0.39, 0.29) is 24.9 Å². The number of amides is 2. The number of aromatic nitrogens is 4. The van der Waals surface area contributed by atoms with E-state index in [0.29, 0.717) is 62.4 Å². The van der Waals surface area contributed by atoms with E-state index < -0.39 is 0 Å². The minimum atomic E-state index is 0.0353. The quantitative estimate of drug-likeness (QED) is 0.199. The lowest BCUT2D eigenvalue weighted by Gasteiger charge is -2.36. The number of nitrogens with zero attached hydrogens (tertiary/aromatic N) is 8. The summed E-state index contributed by atoms with van der Waals surface area (Å²) in [6.07, 6.45) is 1.57. The highest BCUT2D eigenvalue weighted by Crippen LogP contribution is 2.31. The first-order valence-corrected chi connectivity index (χ1v) is 18.5. The fourth-order valence-electron chi connectivity index (χ4n) is 5.80. The highest BCUT2D eigenvalue weighted by atomic mass is 79.9. The molecule has 0 saturated carbocycles. The molecular weight excluding hydrogens is 806 g/mol. The number of methoxy groups -OCH3 is 2. The Bertz CT molecular complexity index is 1860. The number of carbonyl (C=O) groups is 2. The molecule has 4 aromatic rings. The molecule has 2 aliphatic heterocycles. The molecule has 2 saturated heterocycles. The zero-order valence-corrected chi connectivity index (χ0v) is 33.3. The summed E-state index contributed by atoms with van der Waals surface area (Å²) in [5, 5.41) is 10.7. The number of benzene rings is 2. The van der Waals surface area contributed by atoms with Crippen molar-refractivity contribution in [2.75, 3.05) is 76.4 Å². The Hall–Kier alpha value is -3.36. The number of halogens is 5. The van der Waals surface area contributed by atoms with Crippen molar-refractivity contribution in [1.29, 1.82) is 0 Å². The fraction of sp³-hybridized carbons (Fsp3) is 0.412. The van der Waals surface area contributed by atoms with Crippen molar-refractivity contribution in [1.82, 2.24) is 29.4 Å². The molecule has 12 nitrogen and oxygen atoms in total. The number of carbonyl (C=O) groups excluding carboxylic acids is 2. The van der Waals surface area contributed by atoms with Crippen LogP contribution in [0.3, 0.4) is 0 Å². The van der Waals surface area contributed by atoms with Gasteiger partial charge >= 0.3 is 0 Å². The maximum Gasteiger partial charge on any atom is 0.244 e. The monoisotopic (exact) mass is 842 g/mol. The second-order valence-corrected chi connectivity index (χ2v) is 14.3. The van der Waals surface area contributed by atoms with Crippen LogP contribution in [0.25, 0.3) is 0 Å². The summed E-state index contributed by atoms with van der Waals surface area (Å²) in [7, 11) is 3.20. The third-order valence-electron chi connectivity index (χ3n) is 8.97. The number of hydrogen-bond donors (Lipinski definition) is 0. The van der Waals surface area contributed by atoms with Crippen LogP contribution in [-0.2, 0) is 22.7 Å². The van der Waals surface area contributed by atoms with E-state index in [9.17, 15) is 9.59 Å². The van der Waals surface area contributed by atoms with Crippen molar-refractivity contribution < 1.29 is 19.1 Å². The van der Waals surface area contributed by atoms with Crippen molar-refractivity contribution in [3.05, 3.63) is 78.7 Å². The lowest BCUT2D eigenvalue weighted by atomic mass is 10.2. The third kappa shape index (κ3) is 9.36. The summed E-state index contributed by atoms with van der Waals surface area (Å²) in [4.78, 5) is 33.2. The molecule has 0 unspecified atom stereocenters. The first-order valence-electron chi connectivity index (χ1n) is 16.2. The molecule has 0 bridgehead atoms.